The third kappa shape index (κ3) is 7.89. The second-order valence-corrected chi connectivity index (χ2v) is 8.23. The number of hydrogen-bond acceptors (Lipinski definition) is 5. The number of nitrogens with zero attached hydrogens (tertiary/aromatic N) is 1. The summed E-state index contributed by atoms with van der Waals surface area (Å²) in [5.41, 5.74) is 5.30. The van der Waals surface area contributed by atoms with Gasteiger partial charge in [0.2, 0.25) is 0 Å². The molecule has 0 atom stereocenters. The molecule has 0 aromatic heterocycles. The van der Waals surface area contributed by atoms with Crippen molar-refractivity contribution in [2.75, 3.05) is 6.61 Å². The van der Waals surface area contributed by atoms with Crippen LogP contribution in [0.4, 0.5) is 0 Å². The van der Waals surface area contributed by atoms with Crippen LogP contribution in [0.1, 0.15) is 16.7 Å². The van der Waals surface area contributed by atoms with Crippen molar-refractivity contribution in [3.05, 3.63) is 125 Å². The Morgan fingerprint density at radius 3 is 2.00 bits per heavy atom. The van der Waals surface area contributed by atoms with Crippen LogP contribution in [0.15, 0.2) is 108 Å². The van der Waals surface area contributed by atoms with Crippen molar-refractivity contribution in [2.45, 2.75) is 13.2 Å². The second kappa shape index (κ2) is 13.0. The van der Waals surface area contributed by atoms with Crippen molar-refractivity contribution < 1.29 is 19.0 Å². The van der Waals surface area contributed by atoms with E-state index < -0.39 is 0 Å². The first-order chi connectivity index (χ1) is 17.7. The van der Waals surface area contributed by atoms with Crippen LogP contribution in [0.3, 0.4) is 0 Å². The first kappa shape index (κ1) is 24.8. The Kier molecular flexibility index (Phi) is 8.95. The lowest BCUT2D eigenvalue weighted by Crippen LogP contribution is -2.24. The molecule has 36 heavy (non-hydrogen) atoms. The van der Waals surface area contributed by atoms with Gasteiger partial charge in [0.1, 0.15) is 19.0 Å². The van der Waals surface area contributed by atoms with Crippen molar-refractivity contribution in [3.8, 4) is 17.2 Å². The summed E-state index contributed by atoms with van der Waals surface area (Å²) in [5.74, 6) is 1.36. The summed E-state index contributed by atoms with van der Waals surface area (Å²) in [5, 5.41) is 4.63. The molecule has 0 aliphatic heterocycles. The Labute approximate surface area is 215 Å². The molecule has 4 aromatic carbocycles. The topological polar surface area (TPSA) is 69.2 Å². The summed E-state index contributed by atoms with van der Waals surface area (Å²) in [6, 6.07) is 32.1. The fourth-order valence-electron chi connectivity index (χ4n) is 3.20. The molecule has 1 N–H and O–H groups in total. The van der Waals surface area contributed by atoms with Gasteiger partial charge in [0.15, 0.2) is 18.1 Å². The van der Waals surface area contributed by atoms with Gasteiger partial charge in [-0.2, -0.15) is 5.10 Å². The number of nitrogens with one attached hydrogen (secondary N) is 1. The highest BCUT2D eigenvalue weighted by Gasteiger charge is 2.08. The van der Waals surface area contributed by atoms with Crippen molar-refractivity contribution in [3.63, 3.8) is 0 Å². The smallest absolute Gasteiger partial charge is 0.277 e. The number of hydrogen-bond donors (Lipinski definition) is 1. The molecular weight excluding hydrogens is 476 g/mol. The lowest BCUT2D eigenvalue weighted by atomic mass is 10.2. The standard InChI is InChI=1S/C29H25ClN2O4/c30-25-12-14-26(15-13-25)34-21-29(33)32-31-18-24-11-16-27(35-19-22-7-3-1-4-8-22)28(17-24)36-20-23-9-5-2-6-10-23/h1-18H,19-21H2,(H,32,33)/b31-18+. The number of halogens is 1. The minimum Gasteiger partial charge on any atom is -0.485 e. The van der Waals surface area contributed by atoms with Gasteiger partial charge in [0.25, 0.3) is 5.91 Å². The van der Waals surface area contributed by atoms with Crippen LogP contribution >= 0.6 is 11.6 Å². The van der Waals surface area contributed by atoms with Crippen molar-refractivity contribution in [1.29, 1.82) is 0 Å². The lowest BCUT2D eigenvalue weighted by molar-refractivity contribution is -0.123. The zero-order valence-electron chi connectivity index (χ0n) is 19.5. The van der Waals surface area contributed by atoms with E-state index in [2.05, 4.69) is 10.5 Å². The molecule has 0 aliphatic rings. The molecule has 0 saturated carbocycles. The van der Waals surface area contributed by atoms with Crippen molar-refractivity contribution in [1.82, 2.24) is 5.43 Å². The minimum absolute atomic E-state index is 0.170. The van der Waals surface area contributed by atoms with Gasteiger partial charge in [0, 0.05) is 5.02 Å². The molecule has 182 valence electrons. The van der Waals surface area contributed by atoms with Crippen LogP contribution in [-0.2, 0) is 18.0 Å². The van der Waals surface area contributed by atoms with E-state index in [9.17, 15) is 4.79 Å². The monoisotopic (exact) mass is 500 g/mol. The van der Waals surface area contributed by atoms with Gasteiger partial charge in [0.05, 0.1) is 6.21 Å². The number of benzene rings is 4. The van der Waals surface area contributed by atoms with Gasteiger partial charge in [-0.05, 0) is 59.2 Å². The van der Waals surface area contributed by atoms with E-state index in [0.29, 0.717) is 35.5 Å². The average molecular weight is 501 g/mol. The summed E-state index contributed by atoms with van der Waals surface area (Å²) in [6.45, 7) is 0.637. The van der Waals surface area contributed by atoms with Gasteiger partial charge in [-0.1, -0.05) is 72.3 Å². The summed E-state index contributed by atoms with van der Waals surface area (Å²) in [6.07, 6.45) is 1.54. The molecule has 6 nitrogen and oxygen atoms in total. The third-order valence-corrected chi connectivity index (χ3v) is 5.28. The molecule has 0 fully saturated rings. The van der Waals surface area contributed by atoms with Crippen LogP contribution < -0.4 is 19.6 Å². The lowest BCUT2D eigenvalue weighted by Gasteiger charge is -2.14. The van der Waals surface area contributed by atoms with E-state index >= 15 is 0 Å². The number of carbonyl (C=O) groups excluding carboxylic acids is 1. The quantitative estimate of drug-likeness (QED) is 0.202. The Morgan fingerprint density at radius 2 is 1.36 bits per heavy atom. The Hall–Kier alpha value is -4.29. The highest BCUT2D eigenvalue weighted by atomic mass is 35.5. The Morgan fingerprint density at radius 1 is 0.750 bits per heavy atom. The fourth-order valence-corrected chi connectivity index (χ4v) is 3.32. The van der Waals surface area contributed by atoms with E-state index in [0.717, 1.165) is 16.7 Å². The molecule has 0 aliphatic carbocycles. The minimum atomic E-state index is -0.385. The fraction of sp³-hybridized carbons (Fsp3) is 0.103. The molecule has 4 rings (SSSR count). The molecule has 0 saturated heterocycles. The summed E-state index contributed by atoms with van der Waals surface area (Å²) < 4.78 is 17.5. The zero-order valence-corrected chi connectivity index (χ0v) is 20.2. The van der Waals surface area contributed by atoms with Crippen LogP contribution in [0.25, 0.3) is 0 Å². The van der Waals surface area contributed by atoms with Crippen LogP contribution in [0, 0.1) is 0 Å². The van der Waals surface area contributed by atoms with E-state index in [-0.39, 0.29) is 12.5 Å². The van der Waals surface area contributed by atoms with Gasteiger partial charge < -0.3 is 14.2 Å². The van der Waals surface area contributed by atoms with E-state index in [1.54, 1.807) is 24.3 Å². The van der Waals surface area contributed by atoms with Crippen LogP contribution in [0.5, 0.6) is 17.2 Å². The highest BCUT2D eigenvalue weighted by Crippen LogP contribution is 2.29. The molecule has 4 aromatic rings. The number of hydrazone groups is 1. The van der Waals surface area contributed by atoms with Crippen molar-refractivity contribution >= 4 is 23.7 Å². The molecular formula is C29H25ClN2O4. The predicted molar refractivity (Wildman–Crippen MR) is 141 cm³/mol. The molecule has 7 heteroatoms. The number of ether oxygens (including phenoxy) is 3. The number of carbonyl (C=O) groups is 1. The summed E-state index contributed by atoms with van der Waals surface area (Å²) >= 11 is 5.85. The maximum Gasteiger partial charge on any atom is 0.277 e. The van der Waals surface area contributed by atoms with Crippen LogP contribution in [0.2, 0.25) is 5.02 Å². The second-order valence-electron chi connectivity index (χ2n) is 7.79. The van der Waals surface area contributed by atoms with Crippen molar-refractivity contribution in [2.24, 2.45) is 5.10 Å². The number of amides is 1. The summed E-state index contributed by atoms with van der Waals surface area (Å²) in [4.78, 5) is 12.1. The zero-order chi connectivity index (χ0) is 25.0. The molecule has 0 unspecified atom stereocenters. The normalized spacial score (nSPS) is 10.7. The first-order valence-electron chi connectivity index (χ1n) is 11.3. The molecule has 0 bridgehead atoms. The maximum absolute atomic E-state index is 12.1. The summed E-state index contributed by atoms with van der Waals surface area (Å²) in [7, 11) is 0. The van der Waals surface area contributed by atoms with E-state index in [1.807, 2.05) is 78.9 Å². The predicted octanol–water partition coefficient (Wildman–Crippen LogP) is 6.03. The third-order valence-electron chi connectivity index (χ3n) is 5.03. The highest BCUT2D eigenvalue weighted by molar-refractivity contribution is 6.30. The maximum atomic E-state index is 12.1. The molecule has 0 heterocycles. The Bertz CT molecular complexity index is 1280. The van der Waals surface area contributed by atoms with Gasteiger partial charge in [-0.3, -0.25) is 4.79 Å². The number of rotatable bonds is 11. The van der Waals surface area contributed by atoms with Crippen LogP contribution in [-0.4, -0.2) is 18.7 Å². The van der Waals surface area contributed by atoms with Gasteiger partial charge in [-0.25, -0.2) is 5.43 Å². The SMILES string of the molecule is O=C(COc1ccc(Cl)cc1)N/N=C/c1ccc(OCc2ccccc2)c(OCc2ccccc2)c1. The van der Waals surface area contributed by atoms with E-state index in [4.69, 9.17) is 25.8 Å². The molecule has 0 spiro atoms. The van der Waals surface area contributed by atoms with Gasteiger partial charge in [-0.15, -0.1) is 0 Å². The molecule has 1 amide bonds. The molecule has 0 radical (unpaired) electrons. The van der Waals surface area contributed by atoms with Gasteiger partial charge >= 0.3 is 0 Å². The largest absolute Gasteiger partial charge is 0.485 e. The van der Waals surface area contributed by atoms with E-state index in [1.165, 1.54) is 6.21 Å². The average Bonchev–Trinajstić information content (AvgIpc) is 2.92. The first-order valence-corrected chi connectivity index (χ1v) is 11.7. The Balaban J connectivity index is 1.38.